The zero-order valence-electron chi connectivity index (χ0n) is 17.0. The van der Waals surface area contributed by atoms with Gasteiger partial charge in [-0.2, -0.15) is 5.10 Å². The Kier molecular flexibility index (Phi) is 5.86. The third-order valence-corrected chi connectivity index (χ3v) is 6.02. The topological polar surface area (TPSA) is 103 Å². The van der Waals surface area contributed by atoms with Gasteiger partial charge in [0.05, 0.1) is 17.8 Å². The predicted molar refractivity (Wildman–Crippen MR) is 124 cm³/mol. The predicted octanol–water partition coefficient (Wildman–Crippen LogP) is 3.81. The summed E-state index contributed by atoms with van der Waals surface area (Å²) in [5, 5.41) is 7.61. The number of nitrogens with two attached hydrogens (primary N) is 1. The minimum Gasteiger partial charge on any atom is -0.369 e. The molecular weight excluding hydrogens is 449 g/mol. The summed E-state index contributed by atoms with van der Waals surface area (Å²) in [5.74, 6) is -1.29. The van der Waals surface area contributed by atoms with Gasteiger partial charge in [-0.25, -0.2) is 0 Å². The molecule has 4 rings (SSSR count). The largest absolute Gasteiger partial charge is 0.369 e. The number of nitrogens with one attached hydrogen (secondary N) is 1. The number of halogens is 2. The number of primary amides is 1. The first kappa shape index (κ1) is 21.8. The third kappa shape index (κ3) is 3.92. The van der Waals surface area contributed by atoms with Crippen LogP contribution in [-0.4, -0.2) is 26.6 Å². The maximum Gasteiger partial charge on any atom is 0.243 e. The summed E-state index contributed by atoms with van der Waals surface area (Å²) in [7, 11) is 1.71. The number of carbonyl (C=O) groups is 2. The van der Waals surface area contributed by atoms with E-state index in [1.807, 2.05) is 12.1 Å². The Morgan fingerprint density at radius 1 is 1.16 bits per heavy atom. The second kappa shape index (κ2) is 8.61. The average Bonchev–Trinajstić information content (AvgIpc) is 3.18. The average molecular weight is 468 g/mol. The van der Waals surface area contributed by atoms with E-state index < -0.39 is 17.2 Å². The fourth-order valence-corrected chi connectivity index (χ4v) is 4.16. The van der Waals surface area contributed by atoms with E-state index in [1.54, 1.807) is 68.0 Å². The molecule has 3 N–H and O–H groups in total. The van der Waals surface area contributed by atoms with Crippen molar-refractivity contribution in [3.8, 4) is 11.3 Å². The van der Waals surface area contributed by atoms with Crippen molar-refractivity contribution in [2.24, 2.45) is 18.7 Å². The molecule has 0 bridgehead atoms. The SMILES string of the molecule is Cn1nccc1NC(=O)C1(c2ccc(Cl)c(-c3ccccn3)c2)C=CC(C(N)=O)C(Cl)=C1. The number of pyridine rings is 1. The van der Waals surface area contributed by atoms with Crippen LogP contribution in [-0.2, 0) is 22.1 Å². The Morgan fingerprint density at radius 2 is 1.97 bits per heavy atom. The molecule has 0 radical (unpaired) electrons. The molecule has 0 spiro atoms. The molecule has 32 heavy (non-hydrogen) atoms. The van der Waals surface area contributed by atoms with E-state index in [-0.39, 0.29) is 10.9 Å². The van der Waals surface area contributed by atoms with E-state index in [0.29, 0.717) is 27.7 Å². The quantitative estimate of drug-likeness (QED) is 0.556. The number of aromatic nitrogens is 3. The summed E-state index contributed by atoms with van der Waals surface area (Å²) in [6, 6.07) is 12.4. The number of hydrogen-bond acceptors (Lipinski definition) is 4. The highest BCUT2D eigenvalue weighted by Crippen LogP contribution is 2.40. The number of aryl methyl sites for hydroxylation is 1. The van der Waals surface area contributed by atoms with E-state index in [1.165, 1.54) is 4.68 Å². The normalized spacial score (nSPS) is 20.0. The molecule has 0 fully saturated rings. The van der Waals surface area contributed by atoms with Crippen LogP contribution in [0, 0.1) is 5.92 Å². The molecule has 1 aromatic carbocycles. The second-order valence-corrected chi connectivity index (χ2v) is 8.18. The molecule has 0 saturated heterocycles. The Hall–Kier alpha value is -3.42. The van der Waals surface area contributed by atoms with E-state index in [4.69, 9.17) is 28.9 Å². The Morgan fingerprint density at radius 3 is 2.59 bits per heavy atom. The van der Waals surface area contributed by atoms with Crippen LogP contribution in [0.4, 0.5) is 5.82 Å². The summed E-state index contributed by atoms with van der Waals surface area (Å²) >= 11 is 12.9. The third-order valence-electron chi connectivity index (χ3n) is 5.34. The van der Waals surface area contributed by atoms with Gasteiger partial charge in [0, 0.05) is 34.9 Å². The molecule has 1 aliphatic rings. The van der Waals surface area contributed by atoms with Gasteiger partial charge in [-0.15, -0.1) is 0 Å². The fourth-order valence-electron chi connectivity index (χ4n) is 3.60. The van der Waals surface area contributed by atoms with Crippen LogP contribution in [0.2, 0.25) is 5.02 Å². The zero-order chi connectivity index (χ0) is 22.9. The Balaban J connectivity index is 1.86. The monoisotopic (exact) mass is 467 g/mol. The summed E-state index contributed by atoms with van der Waals surface area (Å²) in [5.41, 5.74) is 6.05. The smallest absolute Gasteiger partial charge is 0.243 e. The summed E-state index contributed by atoms with van der Waals surface area (Å²) in [6.07, 6.45) is 7.96. The van der Waals surface area contributed by atoms with Crippen LogP contribution in [0.1, 0.15) is 5.56 Å². The highest BCUT2D eigenvalue weighted by molar-refractivity contribution is 6.33. The van der Waals surface area contributed by atoms with E-state index >= 15 is 0 Å². The minimum absolute atomic E-state index is 0.162. The van der Waals surface area contributed by atoms with Gasteiger partial charge in [0.25, 0.3) is 0 Å². The molecule has 3 aromatic rings. The van der Waals surface area contributed by atoms with Crippen molar-refractivity contribution in [2.75, 3.05) is 5.32 Å². The van der Waals surface area contributed by atoms with Crippen LogP contribution in [0.15, 0.2) is 78.1 Å². The highest BCUT2D eigenvalue weighted by atomic mass is 35.5. The lowest BCUT2D eigenvalue weighted by Crippen LogP contribution is -2.40. The standard InChI is InChI=1S/C23H19Cl2N5O2/c1-30-20(8-11-28-30)29-22(32)23(9-7-15(21(26)31)18(25)13-23)14-5-6-17(24)16(12-14)19-4-2-3-10-27-19/h2-13,15H,1H3,(H2,26,31)(H,29,32). The molecule has 2 heterocycles. The zero-order valence-corrected chi connectivity index (χ0v) is 18.5. The molecule has 2 aromatic heterocycles. The summed E-state index contributed by atoms with van der Waals surface area (Å²) in [4.78, 5) is 29.8. The van der Waals surface area contributed by atoms with Gasteiger partial charge in [-0.05, 0) is 35.9 Å². The number of rotatable bonds is 5. The summed E-state index contributed by atoms with van der Waals surface area (Å²) in [6.45, 7) is 0. The Labute approximate surface area is 194 Å². The van der Waals surface area contributed by atoms with Crippen molar-refractivity contribution in [3.63, 3.8) is 0 Å². The highest BCUT2D eigenvalue weighted by Gasteiger charge is 2.41. The van der Waals surface area contributed by atoms with Crippen molar-refractivity contribution < 1.29 is 9.59 Å². The lowest BCUT2D eigenvalue weighted by Gasteiger charge is -2.31. The van der Waals surface area contributed by atoms with Crippen molar-refractivity contribution >= 4 is 40.8 Å². The first-order chi connectivity index (χ1) is 15.3. The van der Waals surface area contributed by atoms with Gasteiger partial charge in [0.2, 0.25) is 11.8 Å². The summed E-state index contributed by atoms with van der Waals surface area (Å²) < 4.78 is 1.54. The maximum atomic E-state index is 13.6. The fraction of sp³-hybridized carbons (Fsp3) is 0.130. The van der Waals surface area contributed by atoms with Gasteiger partial charge >= 0.3 is 0 Å². The maximum absolute atomic E-state index is 13.6. The molecule has 0 aliphatic heterocycles. The molecule has 7 nitrogen and oxygen atoms in total. The molecule has 9 heteroatoms. The number of benzene rings is 1. The molecular formula is C23H19Cl2N5O2. The number of amides is 2. The van der Waals surface area contributed by atoms with Gasteiger partial charge in [0.1, 0.15) is 11.2 Å². The van der Waals surface area contributed by atoms with E-state index in [0.717, 1.165) is 0 Å². The number of hydrogen-bond donors (Lipinski definition) is 2. The second-order valence-electron chi connectivity index (χ2n) is 7.34. The first-order valence-corrected chi connectivity index (χ1v) is 10.5. The van der Waals surface area contributed by atoms with Crippen molar-refractivity contribution in [3.05, 3.63) is 88.7 Å². The van der Waals surface area contributed by atoms with Crippen LogP contribution in [0.5, 0.6) is 0 Å². The minimum atomic E-state index is -1.32. The van der Waals surface area contributed by atoms with Gasteiger partial charge in [0.15, 0.2) is 0 Å². The van der Waals surface area contributed by atoms with Gasteiger partial charge in [-0.1, -0.05) is 47.5 Å². The van der Waals surface area contributed by atoms with Gasteiger partial charge in [-0.3, -0.25) is 19.3 Å². The number of carbonyl (C=O) groups excluding carboxylic acids is 2. The van der Waals surface area contributed by atoms with Crippen molar-refractivity contribution in [2.45, 2.75) is 5.41 Å². The molecule has 2 amide bonds. The van der Waals surface area contributed by atoms with E-state index in [2.05, 4.69) is 15.4 Å². The first-order valence-electron chi connectivity index (χ1n) is 9.69. The van der Waals surface area contributed by atoms with Crippen molar-refractivity contribution in [1.29, 1.82) is 0 Å². The molecule has 1 aliphatic carbocycles. The van der Waals surface area contributed by atoms with E-state index in [9.17, 15) is 9.59 Å². The molecule has 0 saturated carbocycles. The van der Waals surface area contributed by atoms with Crippen molar-refractivity contribution in [1.82, 2.24) is 14.8 Å². The van der Waals surface area contributed by atoms with Crippen LogP contribution < -0.4 is 11.1 Å². The number of anilines is 1. The van der Waals surface area contributed by atoms with Crippen LogP contribution in [0.3, 0.4) is 0 Å². The molecule has 2 unspecified atom stereocenters. The van der Waals surface area contributed by atoms with Gasteiger partial charge < -0.3 is 11.1 Å². The molecule has 2 atom stereocenters. The lowest BCUT2D eigenvalue weighted by molar-refractivity contribution is -0.120. The van der Waals surface area contributed by atoms with Crippen LogP contribution in [0.25, 0.3) is 11.3 Å². The lowest BCUT2D eigenvalue weighted by atomic mass is 9.74. The Bertz CT molecular complexity index is 1250. The number of nitrogens with zero attached hydrogens (tertiary/aromatic N) is 3. The molecule has 162 valence electrons. The van der Waals surface area contributed by atoms with Crippen LogP contribution >= 0.6 is 23.2 Å².